The van der Waals surface area contributed by atoms with E-state index in [1.54, 1.807) is 6.26 Å². The Morgan fingerprint density at radius 1 is 1.24 bits per heavy atom. The molecule has 0 bridgehead atoms. The molecule has 1 aliphatic rings. The lowest BCUT2D eigenvalue weighted by Crippen LogP contribution is -2.29. The standard InChI is InChI=1S/C19H19NO5/c1-11(17-3-2-6-24-17)20(13-4-5-13)10-12-7-19(23)25-18-9-16(22)15(21)8-14(12)18/h2-3,6-9,11,13,21-22H,4-5,10H2,1H3/t11-/m0/s1. The third-order valence-corrected chi connectivity index (χ3v) is 4.75. The molecule has 1 atom stereocenters. The molecular formula is C19H19NO5. The highest BCUT2D eigenvalue weighted by molar-refractivity contribution is 5.83. The van der Waals surface area contributed by atoms with Crippen LogP contribution in [0.2, 0.25) is 0 Å². The second-order valence-electron chi connectivity index (χ2n) is 6.52. The van der Waals surface area contributed by atoms with Crippen molar-refractivity contribution in [1.82, 2.24) is 4.90 Å². The van der Waals surface area contributed by atoms with Crippen LogP contribution in [0.25, 0.3) is 11.0 Å². The van der Waals surface area contributed by atoms with E-state index >= 15 is 0 Å². The zero-order valence-corrected chi connectivity index (χ0v) is 13.8. The molecule has 0 unspecified atom stereocenters. The fourth-order valence-corrected chi connectivity index (χ4v) is 3.26. The number of furan rings is 1. The van der Waals surface area contributed by atoms with E-state index in [0.717, 1.165) is 24.2 Å². The number of nitrogens with zero attached hydrogens (tertiary/aromatic N) is 1. The zero-order chi connectivity index (χ0) is 17.6. The summed E-state index contributed by atoms with van der Waals surface area (Å²) in [4.78, 5) is 14.2. The minimum Gasteiger partial charge on any atom is -0.504 e. The number of benzene rings is 1. The third kappa shape index (κ3) is 3.00. The quantitative estimate of drug-likeness (QED) is 0.545. The Labute approximate surface area is 143 Å². The Morgan fingerprint density at radius 2 is 2.00 bits per heavy atom. The average molecular weight is 341 g/mol. The molecule has 2 heterocycles. The second kappa shape index (κ2) is 5.97. The van der Waals surface area contributed by atoms with Crippen molar-refractivity contribution in [3.63, 3.8) is 0 Å². The van der Waals surface area contributed by atoms with E-state index in [-0.39, 0.29) is 23.1 Å². The van der Waals surface area contributed by atoms with Crippen LogP contribution in [0.3, 0.4) is 0 Å². The Balaban J connectivity index is 1.75. The molecule has 1 saturated carbocycles. The summed E-state index contributed by atoms with van der Waals surface area (Å²) < 4.78 is 10.7. The number of aromatic hydroxyl groups is 2. The van der Waals surface area contributed by atoms with Crippen molar-refractivity contribution in [2.24, 2.45) is 0 Å². The van der Waals surface area contributed by atoms with Gasteiger partial charge in [-0.2, -0.15) is 0 Å². The Bertz CT molecular complexity index is 956. The summed E-state index contributed by atoms with van der Waals surface area (Å²) in [6.07, 6.45) is 3.87. The van der Waals surface area contributed by atoms with Gasteiger partial charge in [0.15, 0.2) is 11.5 Å². The van der Waals surface area contributed by atoms with Crippen molar-refractivity contribution in [3.05, 3.63) is 58.3 Å². The minimum atomic E-state index is -0.478. The van der Waals surface area contributed by atoms with Gasteiger partial charge in [-0.1, -0.05) is 0 Å². The summed E-state index contributed by atoms with van der Waals surface area (Å²) in [6, 6.07) is 8.47. The molecule has 6 nitrogen and oxygen atoms in total. The zero-order valence-electron chi connectivity index (χ0n) is 13.8. The van der Waals surface area contributed by atoms with Crippen LogP contribution < -0.4 is 5.63 Å². The number of fused-ring (bicyclic) bond motifs is 1. The van der Waals surface area contributed by atoms with Gasteiger partial charge in [-0.3, -0.25) is 4.90 Å². The van der Waals surface area contributed by atoms with Crippen LogP contribution >= 0.6 is 0 Å². The first kappa shape index (κ1) is 15.8. The first-order valence-electron chi connectivity index (χ1n) is 8.31. The maximum atomic E-state index is 11.9. The molecule has 0 amide bonds. The summed E-state index contributed by atoms with van der Waals surface area (Å²) in [5.41, 5.74) is 0.542. The van der Waals surface area contributed by atoms with Crippen LogP contribution in [0.5, 0.6) is 11.5 Å². The topological polar surface area (TPSA) is 87.1 Å². The Hall–Kier alpha value is -2.73. The number of phenols is 2. The van der Waals surface area contributed by atoms with E-state index in [1.807, 2.05) is 12.1 Å². The van der Waals surface area contributed by atoms with E-state index < -0.39 is 5.63 Å². The van der Waals surface area contributed by atoms with Gasteiger partial charge < -0.3 is 19.0 Å². The predicted molar refractivity (Wildman–Crippen MR) is 91.5 cm³/mol. The first-order valence-corrected chi connectivity index (χ1v) is 8.31. The molecule has 130 valence electrons. The summed E-state index contributed by atoms with van der Waals surface area (Å²) in [6.45, 7) is 2.60. The molecule has 1 fully saturated rings. The van der Waals surface area contributed by atoms with Gasteiger partial charge in [0.25, 0.3) is 0 Å². The summed E-state index contributed by atoms with van der Waals surface area (Å²) in [7, 11) is 0. The number of phenolic OH excluding ortho intramolecular Hbond substituents is 2. The maximum Gasteiger partial charge on any atom is 0.336 e. The average Bonchev–Trinajstić information content (AvgIpc) is 3.26. The van der Waals surface area contributed by atoms with Gasteiger partial charge in [-0.25, -0.2) is 4.79 Å². The summed E-state index contributed by atoms with van der Waals surface area (Å²) in [5.74, 6) is 0.329. The van der Waals surface area contributed by atoms with Gasteiger partial charge in [-0.05, 0) is 43.5 Å². The van der Waals surface area contributed by atoms with E-state index in [0.29, 0.717) is 18.0 Å². The molecule has 0 saturated heterocycles. The van der Waals surface area contributed by atoms with Crippen molar-refractivity contribution in [2.75, 3.05) is 0 Å². The van der Waals surface area contributed by atoms with Crippen molar-refractivity contribution in [3.8, 4) is 11.5 Å². The third-order valence-electron chi connectivity index (χ3n) is 4.75. The highest BCUT2D eigenvalue weighted by Gasteiger charge is 2.34. The normalized spacial score (nSPS) is 15.8. The summed E-state index contributed by atoms with van der Waals surface area (Å²) in [5, 5.41) is 20.1. The van der Waals surface area contributed by atoms with Crippen molar-refractivity contribution in [1.29, 1.82) is 0 Å². The highest BCUT2D eigenvalue weighted by atomic mass is 16.4. The van der Waals surface area contributed by atoms with Crippen LogP contribution in [0.15, 0.2) is 50.2 Å². The van der Waals surface area contributed by atoms with E-state index in [2.05, 4.69) is 11.8 Å². The predicted octanol–water partition coefficient (Wildman–Crippen LogP) is 3.52. The monoisotopic (exact) mass is 341 g/mol. The number of hydrogen-bond acceptors (Lipinski definition) is 6. The lowest BCUT2D eigenvalue weighted by molar-refractivity contribution is 0.170. The molecule has 25 heavy (non-hydrogen) atoms. The molecule has 0 spiro atoms. The van der Waals surface area contributed by atoms with Crippen LogP contribution in [0.4, 0.5) is 0 Å². The van der Waals surface area contributed by atoms with Crippen molar-refractivity contribution in [2.45, 2.75) is 38.4 Å². The van der Waals surface area contributed by atoms with Crippen LogP contribution in [0, 0.1) is 0 Å². The second-order valence-corrected chi connectivity index (χ2v) is 6.52. The molecule has 1 aromatic carbocycles. The lowest BCUT2D eigenvalue weighted by atomic mass is 10.1. The largest absolute Gasteiger partial charge is 0.504 e. The fourth-order valence-electron chi connectivity index (χ4n) is 3.26. The molecule has 2 aromatic heterocycles. The molecule has 0 radical (unpaired) electrons. The van der Waals surface area contributed by atoms with E-state index in [4.69, 9.17) is 8.83 Å². The first-order chi connectivity index (χ1) is 12.0. The van der Waals surface area contributed by atoms with Gasteiger partial charge in [-0.15, -0.1) is 0 Å². The van der Waals surface area contributed by atoms with Crippen LogP contribution in [-0.2, 0) is 6.54 Å². The Morgan fingerprint density at radius 3 is 2.68 bits per heavy atom. The van der Waals surface area contributed by atoms with Crippen LogP contribution in [0.1, 0.15) is 37.1 Å². The van der Waals surface area contributed by atoms with Crippen molar-refractivity contribution < 1.29 is 19.0 Å². The fraction of sp³-hybridized carbons (Fsp3) is 0.316. The number of rotatable bonds is 5. The van der Waals surface area contributed by atoms with Gasteiger partial charge >= 0.3 is 5.63 Å². The number of hydrogen-bond donors (Lipinski definition) is 2. The maximum absolute atomic E-state index is 11.9. The lowest BCUT2D eigenvalue weighted by Gasteiger charge is -2.28. The van der Waals surface area contributed by atoms with Crippen molar-refractivity contribution >= 4 is 11.0 Å². The molecule has 3 aromatic rings. The molecule has 6 heteroatoms. The van der Waals surface area contributed by atoms with Crippen LogP contribution in [-0.4, -0.2) is 21.2 Å². The van der Waals surface area contributed by atoms with Gasteiger partial charge in [0.1, 0.15) is 11.3 Å². The Kier molecular flexibility index (Phi) is 3.77. The smallest absolute Gasteiger partial charge is 0.336 e. The molecular weight excluding hydrogens is 322 g/mol. The minimum absolute atomic E-state index is 0.0653. The van der Waals surface area contributed by atoms with Gasteiger partial charge in [0.2, 0.25) is 0 Å². The van der Waals surface area contributed by atoms with Gasteiger partial charge in [0.05, 0.1) is 12.3 Å². The van der Waals surface area contributed by atoms with Gasteiger partial charge in [0, 0.05) is 30.1 Å². The molecule has 4 rings (SSSR count). The molecule has 2 N–H and O–H groups in total. The summed E-state index contributed by atoms with van der Waals surface area (Å²) >= 11 is 0. The molecule has 1 aliphatic carbocycles. The molecule has 0 aliphatic heterocycles. The highest BCUT2D eigenvalue weighted by Crippen LogP contribution is 2.37. The SMILES string of the molecule is C[C@@H](c1ccco1)N(Cc1cc(=O)oc2cc(O)c(O)cc12)C1CC1. The van der Waals surface area contributed by atoms with E-state index in [9.17, 15) is 15.0 Å². The van der Waals surface area contributed by atoms with E-state index in [1.165, 1.54) is 18.2 Å².